The van der Waals surface area contributed by atoms with Crippen LogP contribution in [0, 0.1) is 0 Å². The molecule has 0 aromatic rings. The molecule has 1 atom stereocenters. The number of aliphatic carboxylic acids is 1. The van der Waals surface area contributed by atoms with Crippen molar-refractivity contribution < 1.29 is 19.1 Å². The Morgan fingerprint density at radius 3 is 1.73 bits per heavy atom. The van der Waals surface area contributed by atoms with Crippen LogP contribution in [-0.2, 0) is 14.0 Å². The van der Waals surface area contributed by atoms with Gasteiger partial charge in [0, 0.05) is 22.6 Å². The number of carbonyl (C=O) groups excluding carboxylic acids is 1. The third-order valence-corrected chi connectivity index (χ3v) is 23.9. The Labute approximate surface area is 137 Å². The van der Waals surface area contributed by atoms with Gasteiger partial charge >= 0.3 is 11.9 Å². The van der Waals surface area contributed by atoms with Crippen molar-refractivity contribution in [2.24, 2.45) is 5.73 Å². The molecule has 0 saturated carbocycles. The molecule has 0 spiro atoms. The summed E-state index contributed by atoms with van der Waals surface area (Å²) in [5.74, 6) is -1.37. The fourth-order valence-corrected chi connectivity index (χ4v) is 32.4. The van der Waals surface area contributed by atoms with E-state index in [1.165, 1.54) is 0 Å². The summed E-state index contributed by atoms with van der Waals surface area (Å²) in [5, 5.41) is 8.69. The summed E-state index contributed by atoms with van der Waals surface area (Å²) >= 11 is 0. The van der Waals surface area contributed by atoms with Crippen LogP contribution >= 0.6 is 0 Å². The highest BCUT2D eigenvalue weighted by molar-refractivity contribution is 7.11. The van der Waals surface area contributed by atoms with Crippen molar-refractivity contribution in [3.05, 3.63) is 0 Å². The van der Waals surface area contributed by atoms with Crippen molar-refractivity contribution in [1.29, 1.82) is 0 Å². The lowest BCUT2D eigenvalue weighted by molar-refractivity contribution is -0.138. The highest BCUT2D eigenvalue weighted by Gasteiger charge is 2.51. The van der Waals surface area contributed by atoms with Gasteiger partial charge in [0.15, 0.2) is 0 Å². The highest BCUT2D eigenvalue weighted by Crippen LogP contribution is 2.40. The van der Waals surface area contributed by atoms with Crippen LogP contribution in [0.2, 0.25) is 57.2 Å². The minimum atomic E-state index is -2.24. The SMILES string of the molecule is C[Si](C)(C)C([Si](C)(C)C)[Si](C)(C)OC(=O)[C@@H](N)CCC(=O)O. The Balaban J connectivity index is 5.13. The summed E-state index contributed by atoms with van der Waals surface area (Å²) in [5.41, 5.74) is 5.80. The summed E-state index contributed by atoms with van der Waals surface area (Å²) in [6.45, 7) is 18.2. The quantitative estimate of drug-likeness (QED) is 0.647. The van der Waals surface area contributed by atoms with Gasteiger partial charge in [0.05, 0.1) is 0 Å². The lowest BCUT2D eigenvalue weighted by Gasteiger charge is -2.46. The molecule has 22 heavy (non-hydrogen) atoms. The maximum absolute atomic E-state index is 12.3. The van der Waals surface area contributed by atoms with Crippen molar-refractivity contribution in [1.82, 2.24) is 0 Å². The third-order valence-electron chi connectivity index (χ3n) is 3.76. The second kappa shape index (κ2) is 7.41. The summed E-state index contributed by atoms with van der Waals surface area (Å²) in [6.07, 6.45) is 0.0208. The van der Waals surface area contributed by atoms with E-state index in [1.807, 2.05) is 0 Å². The van der Waals surface area contributed by atoms with E-state index in [0.29, 0.717) is 4.79 Å². The molecule has 0 aromatic heterocycles. The topological polar surface area (TPSA) is 89.6 Å². The minimum absolute atomic E-state index is 0.107. The second-order valence-corrected chi connectivity index (χ2v) is 25.1. The Bertz CT molecular complexity index is 399. The number of carbonyl (C=O) groups is 2. The second-order valence-electron chi connectivity index (χ2n) is 8.73. The molecule has 0 bridgehead atoms. The number of hydrogen-bond donors (Lipinski definition) is 2. The van der Waals surface area contributed by atoms with Crippen molar-refractivity contribution >= 4 is 36.4 Å². The van der Waals surface area contributed by atoms with Gasteiger partial charge in [-0.25, -0.2) is 0 Å². The Hall–Kier alpha value is -0.449. The standard InChI is InChI=1S/C14H33NO4Si3/c1-20(2,3)14(21(4,5)6)22(7,8)19-13(18)11(15)9-10-12(16)17/h11,14H,9-10,15H2,1-8H3,(H,16,17)/t11-/m0/s1. The molecule has 3 N–H and O–H groups in total. The first kappa shape index (κ1) is 21.6. The average Bonchev–Trinajstić information content (AvgIpc) is 2.19. The van der Waals surface area contributed by atoms with Gasteiger partial charge in [-0.05, 0) is 24.3 Å². The summed E-state index contributed by atoms with van der Waals surface area (Å²) in [7, 11) is -5.21. The van der Waals surface area contributed by atoms with Crippen molar-refractivity contribution in [2.75, 3.05) is 0 Å². The number of rotatable bonds is 8. The normalized spacial score (nSPS) is 14.8. The molecule has 0 fully saturated rings. The van der Waals surface area contributed by atoms with Crippen molar-refractivity contribution in [3.8, 4) is 0 Å². The number of nitrogens with two attached hydrogens (primary N) is 1. The first-order valence-electron chi connectivity index (χ1n) is 7.79. The molecular formula is C14H33NO4Si3. The van der Waals surface area contributed by atoms with E-state index in [0.717, 1.165) is 0 Å². The summed E-state index contributed by atoms with van der Waals surface area (Å²) in [6, 6.07) is -0.841. The van der Waals surface area contributed by atoms with Crippen LogP contribution in [0.1, 0.15) is 12.8 Å². The zero-order valence-corrected chi connectivity index (χ0v) is 18.3. The van der Waals surface area contributed by atoms with Crippen molar-refractivity contribution in [3.63, 3.8) is 0 Å². The van der Waals surface area contributed by atoms with Crippen molar-refractivity contribution in [2.45, 2.75) is 76.0 Å². The number of hydrogen-bond acceptors (Lipinski definition) is 4. The van der Waals surface area contributed by atoms with Crippen LogP contribution < -0.4 is 5.73 Å². The van der Waals surface area contributed by atoms with Crippen LogP contribution in [0.3, 0.4) is 0 Å². The minimum Gasteiger partial charge on any atom is -0.519 e. The Morgan fingerprint density at radius 2 is 1.41 bits per heavy atom. The van der Waals surface area contributed by atoms with Gasteiger partial charge in [0.1, 0.15) is 6.04 Å². The van der Waals surface area contributed by atoms with Gasteiger partial charge in [-0.2, -0.15) is 0 Å². The van der Waals surface area contributed by atoms with E-state index < -0.39 is 42.4 Å². The molecule has 0 aliphatic rings. The zero-order chi connectivity index (χ0) is 17.9. The number of carboxylic acid groups (broad SMARTS) is 1. The van der Waals surface area contributed by atoms with E-state index in [4.69, 9.17) is 15.3 Å². The van der Waals surface area contributed by atoms with Crippen LogP contribution in [0.15, 0.2) is 0 Å². The predicted molar refractivity (Wildman–Crippen MR) is 98.9 cm³/mol. The van der Waals surface area contributed by atoms with Gasteiger partial charge < -0.3 is 15.3 Å². The molecule has 0 aromatic carbocycles. The smallest absolute Gasteiger partial charge is 0.309 e. The highest BCUT2D eigenvalue weighted by atomic mass is 28.5. The van der Waals surface area contributed by atoms with E-state index in [2.05, 4.69) is 52.4 Å². The van der Waals surface area contributed by atoms with E-state index in [1.54, 1.807) is 0 Å². The molecule has 0 saturated heterocycles. The maximum Gasteiger partial charge on any atom is 0.309 e. The monoisotopic (exact) mass is 363 g/mol. The van der Waals surface area contributed by atoms with E-state index >= 15 is 0 Å². The van der Waals surface area contributed by atoms with Gasteiger partial charge in [0.2, 0.25) is 8.32 Å². The molecule has 0 heterocycles. The molecule has 8 heteroatoms. The van der Waals surface area contributed by atoms with Crippen LogP contribution in [0.5, 0.6) is 0 Å². The van der Waals surface area contributed by atoms with Gasteiger partial charge in [0.25, 0.3) is 0 Å². The fourth-order valence-electron chi connectivity index (χ4n) is 4.18. The first-order valence-corrected chi connectivity index (χ1v) is 17.9. The molecule has 0 radical (unpaired) electrons. The third kappa shape index (κ3) is 6.76. The van der Waals surface area contributed by atoms with Crippen LogP contribution in [0.25, 0.3) is 0 Å². The molecule has 0 aliphatic carbocycles. The summed E-state index contributed by atoms with van der Waals surface area (Å²) < 4.78 is 5.90. The number of carboxylic acids is 1. The van der Waals surface area contributed by atoms with Gasteiger partial charge in [-0.1, -0.05) is 39.3 Å². The van der Waals surface area contributed by atoms with Gasteiger partial charge in [-0.15, -0.1) is 0 Å². The molecular weight excluding hydrogens is 330 g/mol. The molecule has 0 amide bonds. The molecule has 130 valence electrons. The average molecular weight is 364 g/mol. The van der Waals surface area contributed by atoms with E-state index in [9.17, 15) is 9.59 Å². The molecule has 0 rings (SSSR count). The zero-order valence-electron chi connectivity index (χ0n) is 15.3. The Kier molecular flexibility index (Phi) is 7.26. The predicted octanol–water partition coefficient (Wildman–Crippen LogP) is 3.05. The summed E-state index contributed by atoms with van der Waals surface area (Å²) in [4.78, 5) is 23.4. The maximum atomic E-state index is 12.3. The first-order chi connectivity index (χ1) is 9.59. The fraction of sp³-hybridized carbons (Fsp3) is 0.857. The lowest BCUT2D eigenvalue weighted by atomic mass is 10.2. The molecule has 0 aliphatic heterocycles. The Morgan fingerprint density at radius 1 is 1.00 bits per heavy atom. The van der Waals surface area contributed by atoms with Gasteiger partial charge in [-0.3, -0.25) is 9.59 Å². The lowest BCUT2D eigenvalue weighted by Crippen LogP contribution is -2.59. The largest absolute Gasteiger partial charge is 0.519 e. The molecule has 5 nitrogen and oxygen atoms in total. The van der Waals surface area contributed by atoms with Crippen LogP contribution in [0.4, 0.5) is 0 Å². The van der Waals surface area contributed by atoms with E-state index in [-0.39, 0.29) is 12.8 Å². The van der Waals surface area contributed by atoms with Crippen LogP contribution in [-0.4, -0.2) is 47.6 Å². The molecule has 0 unspecified atom stereocenters.